The van der Waals surface area contributed by atoms with E-state index in [0.717, 1.165) is 18.1 Å². The minimum atomic E-state index is 0.796. The Morgan fingerprint density at radius 1 is 1.12 bits per heavy atom. The zero-order valence-corrected chi connectivity index (χ0v) is 9.23. The van der Waals surface area contributed by atoms with Crippen molar-refractivity contribution in [2.75, 3.05) is 12.4 Å². The van der Waals surface area contributed by atoms with E-state index in [4.69, 9.17) is 4.74 Å². The van der Waals surface area contributed by atoms with Crippen LogP contribution in [-0.2, 0) is 6.54 Å². The topological polar surface area (TPSA) is 35.4 Å². The highest BCUT2D eigenvalue weighted by molar-refractivity contribution is 5.32. The number of hydrogen-bond donors (Lipinski definition) is 1. The molecule has 1 heterocycles. The summed E-state index contributed by atoms with van der Waals surface area (Å²) < 4.78 is 5.11. The molecule has 0 atom stereocenters. The maximum atomic E-state index is 5.11. The van der Waals surface area contributed by atoms with E-state index in [2.05, 4.69) is 22.4 Å². The van der Waals surface area contributed by atoms with Crippen molar-refractivity contribution < 1.29 is 9.72 Å². The van der Waals surface area contributed by atoms with E-state index in [0.29, 0.717) is 0 Å². The van der Waals surface area contributed by atoms with Crippen LogP contribution in [0.3, 0.4) is 0 Å². The first-order valence-electron chi connectivity index (χ1n) is 5.22. The van der Waals surface area contributed by atoms with E-state index in [-0.39, 0.29) is 0 Å². The molecule has 0 aliphatic rings. The Morgan fingerprint density at radius 2 is 1.94 bits per heavy atom. The molecular weight excluding hydrogens is 200 g/mol. The molecule has 0 aliphatic carbocycles. The molecule has 2 rings (SSSR count). The number of methoxy groups -OCH3 is 1. The highest BCUT2D eigenvalue weighted by Crippen LogP contribution is 2.11. The van der Waals surface area contributed by atoms with Crippen LogP contribution in [0, 0.1) is 0 Å². The molecule has 0 bridgehead atoms. The predicted molar refractivity (Wildman–Crippen MR) is 63.3 cm³/mol. The zero-order chi connectivity index (χ0) is 11.2. The average molecular weight is 215 g/mol. The average Bonchev–Trinajstić information content (AvgIpc) is 2.38. The lowest BCUT2D eigenvalue weighted by Gasteiger charge is -2.01. The van der Waals surface area contributed by atoms with E-state index in [1.54, 1.807) is 7.11 Å². The number of nitrogens with one attached hydrogen (secondary N) is 2. The minimum absolute atomic E-state index is 0.796. The molecule has 82 valence electrons. The number of pyridine rings is 1. The fraction of sp³-hybridized carbons (Fsp3) is 0.154. The van der Waals surface area contributed by atoms with Crippen molar-refractivity contribution in [3.63, 3.8) is 0 Å². The van der Waals surface area contributed by atoms with Crippen molar-refractivity contribution in [3.05, 3.63) is 54.2 Å². The summed E-state index contributed by atoms with van der Waals surface area (Å²) in [7, 11) is 1.67. The fourth-order valence-corrected chi connectivity index (χ4v) is 1.44. The molecule has 0 unspecified atom stereocenters. The third kappa shape index (κ3) is 2.73. The Hall–Kier alpha value is -2.03. The molecule has 3 nitrogen and oxygen atoms in total. The zero-order valence-electron chi connectivity index (χ0n) is 9.23. The highest BCUT2D eigenvalue weighted by atomic mass is 16.5. The standard InChI is InChI=1S/C13H14N2O/c1-16-12-7-5-11(6-8-12)10-15-13-4-2-3-9-14-13/h2-9H,10H2,1H3,(H,14,15)/p+1. The molecule has 2 N–H and O–H groups in total. The number of rotatable bonds is 4. The molecule has 1 aromatic carbocycles. The largest absolute Gasteiger partial charge is 0.497 e. The third-order valence-corrected chi connectivity index (χ3v) is 2.35. The van der Waals surface area contributed by atoms with Gasteiger partial charge in [-0.05, 0) is 23.8 Å². The summed E-state index contributed by atoms with van der Waals surface area (Å²) in [6.45, 7) is 0.796. The lowest BCUT2D eigenvalue weighted by atomic mass is 10.2. The van der Waals surface area contributed by atoms with Crippen LogP contribution >= 0.6 is 0 Å². The van der Waals surface area contributed by atoms with Gasteiger partial charge in [0.15, 0.2) is 0 Å². The predicted octanol–water partition coefficient (Wildman–Crippen LogP) is 2.12. The smallest absolute Gasteiger partial charge is 0.272 e. The van der Waals surface area contributed by atoms with Gasteiger partial charge in [-0.3, -0.25) is 5.32 Å². The Morgan fingerprint density at radius 3 is 2.56 bits per heavy atom. The third-order valence-electron chi connectivity index (χ3n) is 2.35. The van der Waals surface area contributed by atoms with Crippen molar-refractivity contribution in [1.82, 2.24) is 0 Å². The summed E-state index contributed by atoms with van der Waals surface area (Å²) in [5.74, 6) is 1.90. The summed E-state index contributed by atoms with van der Waals surface area (Å²) in [4.78, 5) is 3.13. The summed E-state index contributed by atoms with van der Waals surface area (Å²) in [5.41, 5.74) is 1.22. The van der Waals surface area contributed by atoms with Crippen LogP contribution in [0.1, 0.15) is 5.56 Å². The second kappa shape index (κ2) is 5.16. The Kier molecular flexibility index (Phi) is 3.38. The molecule has 0 amide bonds. The molecule has 0 radical (unpaired) electrons. The molecule has 16 heavy (non-hydrogen) atoms. The van der Waals surface area contributed by atoms with Gasteiger partial charge in [0, 0.05) is 6.07 Å². The van der Waals surface area contributed by atoms with Crippen LogP contribution in [-0.4, -0.2) is 7.11 Å². The van der Waals surface area contributed by atoms with Gasteiger partial charge in [0.2, 0.25) is 0 Å². The first-order chi connectivity index (χ1) is 7.88. The van der Waals surface area contributed by atoms with E-state index < -0.39 is 0 Å². The molecule has 2 aromatic rings. The first kappa shape index (κ1) is 10.5. The number of hydrogen-bond acceptors (Lipinski definition) is 2. The van der Waals surface area contributed by atoms with E-state index in [9.17, 15) is 0 Å². The summed E-state index contributed by atoms with van der Waals surface area (Å²) >= 11 is 0. The summed E-state index contributed by atoms with van der Waals surface area (Å²) in [6, 6.07) is 14.0. The number of aromatic nitrogens is 1. The number of ether oxygens (including phenoxy) is 1. The van der Waals surface area contributed by atoms with Crippen LogP contribution in [0.2, 0.25) is 0 Å². The maximum Gasteiger partial charge on any atom is 0.272 e. The van der Waals surface area contributed by atoms with Gasteiger partial charge in [-0.15, -0.1) is 0 Å². The van der Waals surface area contributed by atoms with Crippen LogP contribution in [0.25, 0.3) is 0 Å². The summed E-state index contributed by atoms with van der Waals surface area (Å²) in [5, 5.41) is 3.30. The molecule has 0 saturated heterocycles. The Labute approximate surface area is 95.1 Å². The monoisotopic (exact) mass is 215 g/mol. The van der Waals surface area contributed by atoms with E-state index in [1.807, 2.05) is 36.5 Å². The van der Waals surface area contributed by atoms with Gasteiger partial charge < -0.3 is 4.74 Å². The van der Waals surface area contributed by atoms with Crippen LogP contribution < -0.4 is 15.0 Å². The second-order valence-electron chi connectivity index (χ2n) is 3.48. The van der Waals surface area contributed by atoms with Crippen molar-refractivity contribution in [2.45, 2.75) is 6.54 Å². The Bertz CT molecular complexity index is 425. The van der Waals surface area contributed by atoms with Gasteiger partial charge in [-0.2, -0.15) is 0 Å². The lowest BCUT2D eigenvalue weighted by Crippen LogP contribution is -2.11. The van der Waals surface area contributed by atoms with Crippen LogP contribution in [0.15, 0.2) is 48.7 Å². The van der Waals surface area contributed by atoms with Crippen molar-refractivity contribution in [3.8, 4) is 5.75 Å². The van der Waals surface area contributed by atoms with Gasteiger partial charge >= 0.3 is 0 Å². The van der Waals surface area contributed by atoms with Gasteiger partial charge in [0.05, 0.1) is 13.3 Å². The van der Waals surface area contributed by atoms with E-state index >= 15 is 0 Å². The molecule has 0 aliphatic heterocycles. The van der Waals surface area contributed by atoms with Crippen molar-refractivity contribution in [1.29, 1.82) is 0 Å². The molecule has 3 heteroatoms. The number of benzene rings is 1. The van der Waals surface area contributed by atoms with Crippen molar-refractivity contribution >= 4 is 5.82 Å². The lowest BCUT2D eigenvalue weighted by molar-refractivity contribution is -0.361. The van der Waals surface area contributed by atoms with Gasteiger partial charge in [0.25, 0.3) is 5.82 Å². The fourth-order valence-electron chi connectivity index (χ4n) is 1.44. The molecule has 1 aromatic heterocycles. The van der Waals surface area contributed by atoms with E-state index in [1.165, 1.54) is 5.56 Å². The minimum Gasteiger partial charge on any atom is -0.497 e. The van der Waals surface area contributed by atoms with Crippen LogP contribution in [0.4, 0.5) is 5.82 Å². The normalized spacial score (nSPS) is 9.81. The molecule has 0 fully saturated rings. The highest BCUT2D eigenvalue weighted by Gasteiger charge is 2.00. The quantitative estimate of drug-likeness (QED) is 0.848. The first-order valence-corrected chi connectivity index (χ1v) is 5.22. The molecule has 0 spiro atoms. The Balaban J connectivity index is 1.94. The van der Waals surface area contributed by atoms with Gasteiger partial charge in [-0.25, -0.2) is 4.98 Å². The van der Waals surface area contributed by atoms with Gasteiger partial charge in [-0.1, -0.05) is 18.2 Å². The molecular formula is C13H15N2O+. The number of anilines is 1. The maximum absolute atomic E-state index is 5.11. The number of H-pyrrole nitrogens is 1. The second-order valence-corrected chi connectivity index (χ2v) is 3.48. The number of aromatic amines is 1. The van der Waals surface area contributed by atoms with Crippen molar-refractivity contribution in [2.24, 2.45) is 0 Å². The van der Waals surface area contributed by atoms with Gasteiger partial charge in [0.1, 0.15) is 12.3 Å². The summed E-state index contributed by atoms with van der Waals surface area (Å²) in [6.07, 6.45) is 1.90. The van der Waals surface area contributed by atoms with Crippen LogP contribution in [0.5, 0.6) is 5.75 Å². The molecule has 0 saturated carbocycles. The SMILES string of the molecule is COc1ccc(CNc2cccc[nH+]2)cc1.